The number of nitrogens with two attached hydrogens (primary N) is 1. The van der Waals surface area contributed by atoms with Crippen LogP contribution in [0.4, 0.5) is 10.8 Å². The molecule has 0 aliphatic heterocycles. The van der Waals surface area contributed by atoms with Gasteiger partial charge in [-0.25, -0.2) is 4.98 Å². The summed E-state index contributed by atoms with van der Waals surface area (Å²) in [6.07, 6.45) is 1.55. The Morgan fingerprint density at radius 3 is 2.90 bits per heavy atom. The average molecular weight is 284 g/mol. The van der Waals surface area contributed by atoms with Gasteiger partial charge in [-0.2, -0.15) is 0 Å². The van der Waals surface area contributed by atoms with Gasteiger partial charge in [0, 0.05) is 17.6 Å². The molecule has 6 heteroatoms. The van der Waals surface area contributed by atoms with Gasteiger partial charge in [0.25, 0.3) is 5.91 Å². The standard InChI is InChI=1S/C14H12N4OS/c1-8-2-3-9(7-16-8)13(19)18-14-17-11-5-4-10(15)6-12(11)20-14/h2-7H,15H2,1H3,(H,17,18,19). The van der Waals surface area contributed by atoms with Crippen molar-refractivity contribution >= 4 is 38.3 Å². The zero-order valence-electron chi connectivity index (χ0n) is 10.8. The lowest BCUT2D eigenvalue weighted by Gasteiger charge is -2.00. The molecule has 3 aromatic rings. The number of nitrogen functional groups attached to an aromatic ring is 1. The van der Waals surface area contributed by atoms with Crippen LogP contribution in [-0.4, -0.2) is 15.9 Å². The number of hydrogen-bond donors (Lipinski definition) is 2. The van der Waals surface area contributed by atoms with Crippen LogP contribution in [0.3, 0.4) is 0 Å². The number of hydrogen-bond acceptors (Lipinski definition) is 5. The van der Waals surface area contributed by atoms with Crippen molar-refractivity contribution in [1.29, 1.82) is 0 Å². The van der Waals surface area contributed by atoms with Crippen LogP contribution in [0.15, 0.2) is 36.5 Å². The second kappa shape index (κ2) is 4.90. The first kappa shape index (κ1) is 12.6. The van der Waals surface area contributed by atoms with Gasteiger partial charge in [0.1, 0.15) is 0 Å². The third-order valence-corrected chi connectivity index (χ3v) is 3.74. The van der Waals surface area contributed by atoms with E-state index in [4.69, 9.17) is 5.73 Å². The van der Waals surface area contributed by atoms with Crippen LogP contribution in [0.1, 0.15) is 16.1 Å². The molecule has 3 N–H and O–H groups in total. The maximum atomic E-state index is 12.1. The molecule has 0 saturated heterocycles. The zero-order valence-corrected chi connectivity index (χ0v) is 11.6. The number of rotatable bonds is 2. The minimum atomic E-state index is -0.218. The fraction of sp³-hybridized carbons (Fsp3) is 0.0714. The van der Waals surface area contributed by atoms with Crippen LogP contribution in [0.2, 0.25) is 0 Å². The van der Waals surface area contributed by atoms with E-state index in [0.717, 1.165) is 15.9 Å². The highest BCUT2D eigenvalue weighted by atomic mass is 32.1. The molecular weight excluding hydrogens is 272 g/mol. The number of nitrogens with one attached hydrogen (secondary N) is 1. The molecule has 0 unspecified atom stereocenters. The molecule has 0 aliphatic rings. The lowest BCUT2D eigenvalue weighted by molar-refractivity contribution is 0.102. The van der Waals surface area contributed by atoms with Crippen molar-refractivity contribution in [3.05, 3.63) is 47.8 Å². The van der Waals surface area contributed by atoms with Gasteiger partial charge < -0.3 is 5.73 Å². The van der Waals surface area contributed by atoms with Crippen molar-refractivity contribution in [3.8, 4) is 0 Å². The van der Waals surface area contributed by atoms with E-state index in [1.165, 1.54) is 11.3 Å². The Labute approximate surface area is 119 Å². The second-order valence-electron chi connectivity index (χ2n) is 4.39. The second-order valence-corrected chi connectivity index (χ2v) is 5.42. The molecule has 2 heterocycles. The SMILES string of the molecule is Cc1ccc(C(=O)Nc2nc3ccc(N)cc3s2)cn1. The van der Waals surface area contributed by atoms with E-state index < -0.39 is 0 Å². The molecule has 100 valence electrons. The van der Waals surface area contributed by atoms with E-state index in [9.17, 15) is 4.79 Å². The predicted molar refractivity (Wildman–Crippen MR) is 81.0 cm³/mol. The first-order valence-corrected chi connectivity index (χ1v) is 6.83. The number of aromatic nitrogens is 2. The fourth-order valence-corrected chi connectivity index (χ4v) is 2.68. The summed E-state index contributed by atoms with van der Waals surface area (Å²) in [7, 11) is 0. The lowest BCUT2D eigenvalue weighted by atomic mass is 10.2. The number of nitrogens with zero attached hydrogens (tertiary/aromatic N) is 2. The Morgan fingerprint density at radius 2 is 2.15 bits per heavy atom. The molecule has 0 fully saturated rings. The minimum Gasteiger partial charge on any atom is -0.399 e. The average Bonchev–Trinajstić information content (AvgIpc) is 2.80. The Bertz CT molecular complexity index is 779. The van der Waals surface area contributed by atoms with Crippen molar-refractivity contribution in [3.63, 3.8) is 0 Å². The zero-order chi connectivity index (χ0) is 14.1. The van der Waals surface area contributed by atoms with Gasteiger partial charge in [-0.1, -0.05) is 11.3 Å². The molecule has 0 aliphatic carbocycles. The molecule has 1 amide bonds. The first-order valence-electron chi connectivity index (χ1n) is 6.02. The number of anilines is 2. The molecule has 1 aromatic carbocycles. The number of benzene rings is 1. The molecule has 0 spiro atoms. The van der Waals surface area contributed by atoms with Gasteiger partial charge >= 0.3 is 0 Å². The number of amides is 1. The maximum absolute atomic E-state index is 12.1. The van der Waals surface area contributed by atoms with Crippen LogP contribution in [0.5, 0.6) is 0 Å². The third kappa shape index (κ3) is 2.46. The Morgan fingerprint density at radius 1 is 1.30 bits per heavy atom. The van der Waals surface area contributed by atoms with E-state index in [1.807, 2.05) is 19.1 Å². The highest BCUT2D eigenvalue weighted by molar-refractivity contribution is 7.22. The minimum absolute atomic E-state index is 0.218. The predicted octanol–water partition coefficient (Wildman–Crippen LogP) is 2.83. The Balaban J connectivity index is 1.85. The van der Waals surface area contributed by atoms with E-state index in [0.29, 0.717) is 16.4 Å². The normalized spacial score (nSPS) is 10.7. The molecule has 0 bridgehead atoms. The number of carbonyl (C=O) groups is 1. The van der Waals surface area contributed by atoms with E-state index >= 15 is 0 Å². The number of aryl methyl sites for hydroxylation is 1. The van der Waals surface area contributed by atoms with Gasteiger partial charge in [0.2, 0.25) is 0 Å². The number of pyridine rings is 1. The summed E-state index contributed by atoms with van der Waals surface area (Å²) in [4.78, 5) is 20.5. The van der Waals surface area contributed by atoms with E-state index in [1.54, 1.807) is 24.4 Å². The van der Waals surface area contributed by atoms with Crippen molar-refractivity contribution in [2.24, 2.45) is 0 Å². The maximum Gasteiger partial charge on any atom is 0.259 e. The largest absolute Gasteiger partial charge is 0.399 e. The van der Waals surface area contributed by atoms with Crippen molar-refractivity contribution in [1.82, 2.24) is 9.97 Å². The van der Waals surface area contributed by atoms with Crippen molar-refractivity contribution in [2.45, 2.75) is 6.92 Å². The van der Waals surface area contributed by atoms with Crippen LogP contribution in [0, 0.1) is 6.92 Å². The molecule has 0 atom stereocenters. The summed E-state index contributed by atoms with van der Waals surface area (Å²) in [6, 6.07) is 9.01. The Hall–Kier alpha value is -2.47. The van der Waals surface area contributed by atoms with Gasteiger partial charge in [-0.05, 0) is 37.3 Å². The van der Waals surface area contributed by atoms with E-state index in [2.05, 4.69) is 15.3 Å². The van der Waals surface area contributed by atoms with Gasteiger partial charge in [0.15, 0.2) is 5.13 Å². The third-order valence-electron chi connectivity index (χ3n) is 2.81. The Kier molecular flexibility index (Phi) is 3.08. The first-order chi connectivity index (χ1) is 9.61. The summed E-state index contributed by atoms with van der Waals surface area (Å²) in [5.74, 6) is -0.218. The highest BCUT2D eigenvalue weighted by Crippen LogP contribution is 2.27. The molecule has 0 saturated carbocycles. The highest BCUT2D eigenvalue weighted by Gasteiger charge is 2.10. The molecule has 0 radical (unpaired) electrons. The topological polar surface area (TPSA) is 80.9 Å². The molecule has 3 rings (SSSR count). The van der Waals surface area contributed by atoms with Gasteiger partial charge in [-0.15, -0.1) is 0 Å². The summed E-state index contributed by atoms with van der Waals surface area (Å²) in [5.41, 5.74) is 8.61. The number of carbonyl (C=O) groups excluding carboxylic acids is 1. The fourth-order valence-electron chi connectivity index (χ4n) is 1.77. The van der Waals surface area contributed by atoms with E-state index in [-0.39, 0.29) is 5.91 Å². The summed E-state index contributed by atoms with van der Waals surface area (Å²) in [5, 5.41) is 3.33. The summed E-state index contributed by atoms with van der Waals surface area (Å²) in [6.45, 7) is 1.87. The van der Waals surface area contributed by atoms with Crippen LogP contribution >= 0.6 is 11.3 Å². The number of thiazole rings is 1. The molecule has 2 aromatic heterocycles. The van der Waals surface area contributed by atoms with Crippen molar-refractivity contribution < 1.29 is 4.79 Å². The van der Waals surface area contributed by atoms with Crippen LogP contribution in [0.25, 0.3) is 10.2 Å². The van der Waals surface area contributed by atoms with Gasteiger partial charge in [-0.3, -0.25) is 15.1 Å². The number of fused-ring (bicyclic) bond motifs is 1. The summed E-state index contributed by atoms with van der Waals surface area (Å²) >= 11 is 1.39. The monoisotopic (exact) mass is 284 g/mol. The molecule has 5 nitrogen and oxygen atoms in total. The van der Waals surface area contributed by atoms with Crippen molar-refractivity contribution in [2.75, 3.05) is 11.1 Å². The van der Waals surface area contributed by atoms with Gasteiger partial charge in [0.05, 0.1) is 15.8 Å². The molecule has 20 heavy (non-hydrogen) atoms. The van der Waals surface area contributed by atoms with Crippen LogP contribution in [-0.2, 0) is 0 Å². The lowest BCUT2D eigenvalue weighted by Crippen LogP contribution is -2.11. The molecular formula is C14H12N4OS. The summed E-state index contributed by atoms with van der Waals surface area (Å²) < 4.78 is 0.947. The smallest absolute Gasteiger partial charge is 0.259 e. The van der Waals surface area contributed by atoms with Crippen LogP contribution < -0.4 is 11.1 Å². The quantitative estimate of drug-likeness (QED) is 0.709.